The summed E-state index contributed by atoms with van der Waals surface area (Å²) in [5.41, 5.74) is 4.02. The second-order valence-corrected chi connectivity index (χ2v) is 6.32. The fourth-order valence-corrected chi connectivity index (χ4v) is 2.60. The van der Waals surface area contributed by atoms with Crippen molar-refractivity contribution in [3.8, 4) is 0 Å². The van der Waals surface area contributed by atoms with Gasteiger partial charge in [-0.15, -0.1) is 0 Å². The van der Waals surface area contributed by atoms with Gasteiger partial charge in [0.05, 0.1) is 0 Å². The van der Waals surface area contributed by atoms with Crippen LogP contribution < -0.4 is 10.6 Å². The largest absolute Gasteiger partial charge is 0.388 e. The molecule has 20 heavy (non-hydrogen) atoms. The Balaban J connectivity index is 2.25. The van der Waals surface area contributed by atoms with E-state index in [2.05, 4.69) is 73.9 Å². The Bertz CT molecular complexity index is 523. The van der Waals surface area contributed by atoms with Gasteiger partial charge in [0, 0.05) is 23.7 Å². The summed E-state index contributed by atoms with van der Waals surface area (Å²) in [7, 11) is 3.97. The molecule has 2 rings (SSSR count). The number of rotatable bonds is 4. The summed E-state index contributed by atoms with van der Waals surface area (Å²) in [6.07, 6.45) is 7.95. The number of likely N-dealkylation sites (N-methyl/N-ethyl adjacent to an activating group) is 1. The van der Waals surface area contributed by atoms with Gasteiger partial charge in [-0.2, -0.15) is 0 Å². The van der Waals surface area contributed by atoms with Crippen LogP contribution in [0.5, 0.6) is 0 Å². The summed E-state index contributed by atoms with van der Waals surface area (Å²) in [4.78, 5) is 0. The predicted octanol–water partition coefficient (Wildman–Crippen LogP) is 3.87. The van der Waals surface area contributed by atoms with Crippen LogP contribution in [0.3, 0.4) is 0 Å². The van der Waals surface area contributed by atoms with Gasteiger partial charge in [0.15, 0.2) is 0 Å². The molecule has 108 valence electrons. The lowest BCUT2D eigenvalue weighted by molar-refractivity contribution is 0.472. The molecular formula is C18H26N2. The van der Waals surface area contributed by atoms with Gasteiger partial charge in [-0.3, -0.25) is 0 Å². The average molecular weight is 270 g/mol. The van der Waals surface area contributed by atoms with E-state index in [0.717, 1.165) is 12.1 Å². The maximum absolute atomic E-state index is 3.37. The normalized spacial score (nSPS) is 22.6. The number of allylic oxidation sites excluding steroid dienone is 2. The maximum atomic E-state index is 3.37. The maximum Gasteiger partial charge on any atom is 0.0371 e. The van der Waals surface area contributed by atoms with Gasteiger partial charge in [-0.1, -0.05) is 44.2 Å². The molecule has 0 amide bonds. The molecule has 0 saturated heterocycles. The van der Waals surface area contributed by atoms with Crippen LogP contribution in [0, 0.1) is 0 Å². The molecule has 1 aromatic carbocycles. The van der Waals surface area contributed by atoms with Crippen LogP contribution >= 0.6 is 0 Å². The zero-order chi connectivity index (χ0) is 14.8. The smallest absolute Gasteiger partial charge is 0.0371 e. The van der Waals surface area contributed by atoms with E-state index in [1.807, 2.05) is 14.1 Å². The van der Waals surface area contributed by atoms with E-state index in [-0.39, 0.29) is 11.0 Å². The van der Waals surface area contributed by atoms with Gasteiger partial charge in [0.1, 0.15) is 0 Å². The number of benzene rings is 1. The van der Waals surface area contributed by atoms with E-state index in [0.29, 0.717) is 0 Å². The topological polar surface area (TPSA) is 24.1 Å². The predicted molar refractivity (Wildman–Crippen MR) is 88.3 cm³/mol. The molecule has 0 spiro atoms. The minimum absolute atomic E-state index is 0.0395. The molecule has 0 bridgehead atoms. The number of hydrogen-bond acceptors (Lipinski definition) is 2. The lowest BCUT2D eigenvalue weighted by Crippen LogP contribution is -2.39. The van der Waals surface area contributed by atoms with Crippen LogP contribution in [0.1, 0.15) is 32.8 Å². The van der Waals surface area contributed by atoms with Crippen molar-refractivity contribution in [2.24, 2.45) is 0 Å². The zero-order valence-electron chi connectivity index (χ0n) is 13.2. The third-order valence-electron chi connectivity index (χ3n) is 4.56. The Morgan fingerprint density at radius 1 is 1.10 bits per heavy atom. The molecule has 0 saturated carbocycles. The Labute approximate surface area is 123 Å². The highest BCUT2D eigenvalue weighted by Gasteiger charge is 2.28. The first-order valence-corrected chi connectivity index (χ1v) is 7.28. The standard InChI is InChI=1S/C18H26N2/c1-17(2,14-6-8-16(19-4)9-7-14)15-10-12-18(3,20-5)13-11-15/h6-12,19-20H,13H2,1-5H3. The Morgan fingerprint density at radius 3 is 2.20 bits per heavy atom. The minimum Gasteiger partial charge on any atom is -0.388 e. The molecule has 0 fully saturated rings. The molecular weight excluding hydrogens is 244 g/mol. The van der Waals surface area contributed by atoms with E-state index in [1.165, 1.54) is 11.1 Å². The molecule has 1 aliphatic carbocycles. The van der Waals surface area contributed by atoms with Crippen LogP contribution in [-0.4, -0.2) is 19.6 Å². The van der Waals surface area contributed by atoms with Gasteiger partial charge in [-0.05, 0) is 43.7 Å². The summed E-state index contributed by atoms with van der Waals surface area (Å²) in [6.45, 7) is 6.81. The summed E-state index contributed by atoms with van der Waals surface area (Å²) in [5.74, 6) is 0. The van der Waals surface area contributed by atoms with E-state index in [1.54, 1.807) is 0 Å². The van der Waals surface area contributed by atoms with E-state index in [9.17, 15) is 0 Å². The zero-order valence-corrected chi connectivity index (χ0v) is 13.2. The summed E-state index contributed by atoms with van der Waals surface area (Å²) >= 11 is 0. The minimum atomic E-state index is 0.0395. The molecule has 2 N–H and O–H groups in total. The number of anilines is 1. The molecule has 0 radical (unpaired) electrons. The van der Waals surface area contributed by atoms with Crippen molar-refractivity contribution in [3.63, 3.8) is 0 Å². The van der Waals surface area contributed by atoms with Crippen molar-refractivity contribution in [1.82, 2.24) is 5.32 Å². The molecule has 1 aliphatic rings. The molecule has 1 unspecified atom stereocenters. The SMILES string of the molecule is CNc1ccc(C(C)(C)C2=CCC(C)(NC)C=C2)cc1. The molecule has 0 heterocycles. The van der Waals surface area contributed by atoms with Crippen LogP contribution in [0.4, 0.5) is 5.69 Å². The van der Waals surface area contributed by atoms with Crippen LogP contribution in [0.25, 0.3) is 0 Å². The first kappa shape index (κ1) is 14.9. The third-order valence-corrected chi connectivity index (χ3v) is 4.56. The quantitative estimate of drug-likeness (QED) is 0.868. The molecule has 2 nitrogen and oxygen atoms in total. The van der Waals surface area contributed by atoms with Crippen LogP contribution in [-0.2, 0) is 5.41 Å². The molecule has 0 aliphatic heterocycles. The fourth-order valence-electron chi connectivity index (χ4n) is 2.60. The molecule has 1 aromatic rings. The van der Waals surface area contributed by atoms with Crippen molar-refractivity contribution in [3.05, 3.63) is 53.6 Å². The van der Waals surface area contributed by atoms with Gasteiger partial charge in [0.2, 0.25) is 0 Å². The van der Waals surface area contributed by atoms with Crippen LogP contribution in [0.15, 0.2) is 48.1 Å². The Hall–Kier alpha value is -1.54. The van der Waals surface area contributed by atoms with Gasteiger partial charge in [0.25, 0.3) is 0 Å². The van der Waals surface area contributed by atoms with Gasteiger partial charge in [-0.25, -0.2) is 0 Å². The highest BCUT2D eigenvalue weighted by atomic mass is 14.9. The highest BCUT2D eigenvalue weighted by Crippen LogP contribution is 2.36. The van der Waals surface area contributed by atoms with E-state index in [4.69, 9.17) is 0 Å². The second kappa shape index (κ2) is 5.45. The average Bonchev–Trinajstić information content (AvgIpc) is 2.48. The van der Waals surface area contributed by atoms with Crippen molar-refractivity contribution >= 4 is 5.69 Å². The van der Waals surface area contributed by atoms with Crippen molar-refractivity contribution in [2.45, 2.75) is 38.1 Å². The van der Waals surface area contributed by atoms with E-state index >= 15 is 0 Å². The highest BCUT2D eigenvalue weighted by molar-refractivity contribution is 5.49. The van der Waals surface area contributed by atoms with Gasteiger partial charge < -0.3 is 10.6 Å². The van der Waals surface area contributed by atoms with Crippen molar-refractivity contribution in [1.29, 1.82) is 0 Å². The fraction of sp³-hybridized carbons (Fsp3) is 0.444. The van der Waals surface area contributed by atoms with Crippen molar-refractivity contribution in [2.75, 3.05) is 19.4 Å². The first-order chi connectivity index (χ1) is 9.41. The van der Waals surface area contributed by atoms with E-state index < -0.39 is 0 Å². The summed E-state index contributed by atoms with van der Waals surface area (Å²) < 4.78 is 0. The lowest BCUT2D eigenvalue weighted by atomic mass is 9.74. The summed E-state index contributed by atoms with van der Waals surface area (Å²) in [6, 6.07) is 8.71. The van der Waals surface area contributed by atoms with Crippen LogP contribution in [0.2, 0.25) is 0 Å². The van der Waals surface area contributed by atoms with Gasteiger partial charge >= 0.3 is 0 Å². The monoisotopic (exact) mass is 270 g/mol. The second-order valence-electron chi connectivity index (χ2n) is 6.32. The number of hydrogen-bond donors (Lipinski definition) is 2. The molecule has 2 heteroatoms. The first-order valence-electron chi connectivity index (χ1n) is 7.28. The third kappa shape index (κ3) is 2.80. The molecule has 0 aromatic heterocycles. The Morgan fingerprint density at radius 2 is 1.75 bits per heavy atom. The molecule has 1 atom stereocenters. The number of nitrogens with one attached hydrogen (secondary N) is 2. The lowest BCUT2D eigenvalue weighted by Gasteiger charge is -2.34. The van der Waals surface area contributed by atoms with Crippen molar-refractivity contribution < 1.29 is 0 Å². The Kier molecular flexibility index (Phi) is 4.05. The summed E-state index contributed by atoms with van der Waals surface area (Å²) in [5, 5.41) is 6.53.